The zero-order chi connectivity index (χ0) is 33.2. The molecular weight excluding hydrogens is 618 g/mol. The van der Waals surface area contributed by atoms with Crippen LogP contribution >= 0.6 is 0 Å². The number of hydrogen-bond acceptors (Lipinski definition) is 6. The highest BCUT2D eigenvalue weighted by molar-refractivity contribution is 7.89. The van der Waals surface area contributed by atoms with E-state index in [1.54, 1.807) is 29.4 Å². The van der Waals surface area contributed by atoms with Crippen molar-refractivity contribution in [3.05, 3.63) is 65.2 Å². The molecule has 3 heterocycles. The van der Waals surface area contributed by atoms with Gasteiger partial charge in [-0.15, -0.1) is 0 Å². The molecule has 3 aliphatic rings. The number of rotatable bonds is 9. The molecule has 0 aromatic heterocycles. The Morgan fingerprint density at radius 2 is 1.76 bits per heavy atom. The van der Waals surface area contributed by atoms with Crippen LogP contribution in [-0.2, 0) is 26.0 Å². The van der Waals surface area contributed by atoms with Crippen molar-refractivity contribution in [1.29, 1.82) is 0 Å². The number of carbonyl (C=O) groups is 2. The van der Waals surface area contributed by atoms with Gasteiger partial charge in [-0.05, 0) is 95.0 Å². The Morgan fingerprint density at radius 1 is 1.07 bits per heavy atom. The van der Waals surface area contributed by atoms with Gasteiger partial charge in [0.1, 0.15) is 17.7 Å². The highest BCUT2D eigenvalue weighted by Crippen LogP contribution is 2.39. The van der Waals surface area contributed by atoms with Gasteiger partial charge in [0.15, 0.2) is 0 Å². The Hall–Kier alpha value is -3.13. The maximum Gasteiger partial charge on any atom is 0.405 e. The first kappa shape index (κ1) is 34.2. The summed E-state index contributed by atoms with van der Waals surface area (Å²) in [6, 6.07) is 8.38. The Labute approximate surface area is 269 Å². The van der Waals surface area contributed by atoms with Crippen LogP contribution in [0.4, 0.5) is 19.3 Å². The highest BCUT2D eigenvalue weighted by atomic mass is 32.2. The first-order valence-corrected chi connectivity index (χ1v) is 17.6. The molecule has 10 nitrogen and oxygen atoms in total. The summed E-state index contributed by atoms with van der Waals surface area (Å²) in [5, 5.41) is 17.9. The lowest BCUT2D eigenvalue weighted by Crippen LogP contribution is -2.57. The van der Waals surface area contributed by atoms with Crippen molar-refractivity contribution in [1.82, 2.24) is 14.9 Å². The number of ether oxygens (including phenoxy) is 1. The monoisotopic (exact) mass is 662 g/mol. The Bertz CT molecular complexity index is 1500. The van der Waals surface area contributed by atoms with Gasteiger partial charge in [0.25, 0.3) is 0 Å². The van der Waals surface area contributed by atoms with Crippen LogP contribution in [0, 0.1) is 17.6 Å². The molecule has 5 rings (SSSR count). The minimum absolute atomic E-state index is 0.0775. The molecule has 2 aromatic rings. The van der Waals surface area contributed by atoms with Crippen molar-refractivity contribution in [3.63, 3.8) is 0 Å². The van der Waals surface area contributed by atoms with E-state index in [0.29, 0.717) is 44.3 Å². The number of nitrogens with zero attached hydrogens (tertiary/aromatic N) is 1. The standard InChI is InChI=1S/C33H44F2N4O6S/c1-19-15-23(16-20(2)45-19)30(22-8-10-24(34)11-9-22)31(38-33(41)42)32(40)37-29-6-4-5-28(35)27(29)14-13-26-17-36-25-12-7-21(3)46(43,44)39(26)18-25/h4-6,8-11,19-21,23,25-26,30-31,36,38H,7,12-18H2,1-3H3,(H,37,40)(H,41,42)/t19-,20+,21?,23?,25-,26+,30?,31?/m1/s1. The van der Waals surface area contributed by atoms with Crippen LogP contribution in [0.25, 0.3) is 0 Å². The van der Waals surface area contributed by atoms with Crippen molar-refractivity contribution < 1.29 is 36.6 Å². The van der Waals surface area contributed by atoms with Crippen LogP contribution in [0.15, 0.2) is 42.5 Å². The maximum absolute atomic E-state index is 15.4. The number of fused-ring (bicyclic) bond motifs is 2. The first-order valence-electron chi connectivity index (χ1n) is 16.1. The van der Waals surface area contributed by atoms with Crippen molar-refractivity contribution in [2.24, 2.45) is 5.92 Å². The van der Waals surface area contributed by atoms with Gasteiger partial charge in [0.2, 0.25) is 15.9 Å². The summed E-state index contributed by atoms with van der Waals surface area (Å²) >= 11 is 0. The largest absolute Gasteiger partial charge is 0.465 e. The second kappa shape index (κ2) is 14.3. The van der Waals surface area contributed by atoms with Crippen molar-refractivity contribution in [3.8, 4) is 0 Å². The number of benzene rings is 2. The highest BCUT2D eigenvalue weighted by Gasteiger charge is 2.42. The van der Waals surface area contributed by atoms with Gasteiger partial charge in [0, 0.05) is 42.3 Å². The van der Waals surface area contributed by atoms with Gasteiger partial charge in [-0.2, -0.15) is 4.31 Å². The summed E-state index contributed by atoms with van der Waals surface area (Å²) in [5.41, 5.74) is 0.985. The number of amides is 2. The van der Waals surface area contributed by atoms with E-state index in [4.69, 9.17) is 4.74 Å². The minimum atomic E-state index is -3.51. The summed E-state index contributed by atoms with van der Waals surface area (Å²) in [6.07, 6.45) is 1.23. The lowest BCUT2D eigenvalue weighted by molar-refractivity contribution is -0.120. The number of nitrogens with one attached hydrogen (secondary N) is 3. The Morgan fingerprint density at radius 3 is 2.43 bits per heavy atom. The molecule has 3 saturated heterocycles. The quantitative estimate of drug-likeness (QED) is 0.308. The summed E-state index contributed by atoms with van der Waals surface area (Å²) < 4.78 is 63.3. The topological polar surface area (TPSA) is 137 Å². The average Bonchev–Trinajstić information content (AvgIpc) is 3.07. The number of carboxylic acid groups (broad SMARTS) is 1. The summed E-state index contributed by atoms with van der Waals surface area (Å²) in [4.78, 5) is 26.1. The number of halogens is 2. The van der Waals surface area contributed by atoms with E-state index in [9.17, 15) is 27.5 Å². The molecule has 46 heavy (non-hydrogen) atoms. The van der Waals surface area contributed by atoms with Crippen LogP contribution in [0.5, 0.6) is 0 Å². The molecule has 252 valence electrons. The number of sulfonamides is 1. The molecule has 0 saturated carbocycles. The maximum atomic E-state index is 15.4. The van der Waals surface area contributed by atoms with E-state index in [1.807, 2.05) is 13.8 Å². The fourth-order valence-corrected chi connectivity index (χ4v) is 9.36. The molecule has 9 atom stereocenters. The van der Waals surface area contributed by atoms with Crippen LogP contribution < -0.4 is 16.0 Å². The molecule has 0 aliphatic carbocycles. The fraction of sp³-hybridized carbons (Fsp3) is 0.576. The SMILES string of the molecule is CC1CC[C@@H]2CN([C@@H](CCc3c(F)cccc3NC(=O)C(NC(=O)O)C(c3ccc(F)cc3)C3C[C@@H](C)O[C@@H](C)C3)CN2)S1(=O)=O. The molecule has 3 aliphatic heterocycles. The second-order valence-electron chi connectivity index (χ2n) is 13.0. The van der Waals surface area contributed by atoms with Gasteiger partial charge in [0.05, 0.1) is 17.5 Å². The van der Waals surface area contributed by atoms with Crippen LogP contribution in [-0.4, -0.2) is 78.5 Å². The smallest absolute Gasteiger partial charge is 0.405 e. The Kier molecular flexibility index (Phi) is 10.7. The average molecular weight is 663 g/mol. The molecule has 0 radical (unpaired) electrons. The molecule has 13 heteroatoms. The predicted octanol–water partition coefficient (Wildman–Crippen LogP) is 4.61. The lowest BCUT2D eigenvalue weighted by Gasteiger charge is -2.40. The molecule has 2 bridgehead atoms. The van der Waals surface area contributed by atoms with Crippen molar-refractivity contribution >= 4 is 27.7 Å². The third-order valence-electron chi connectivity index (χ3n) is 9.73. The second-order valence-corrected chi connectivity index (χ2v) is 15.4. The molecule has 2 amide bonds. The molecule has 2 aromatic carbocycles. The predicted molar refractivity (Wildman–Crippen MR) is 170 cm³/mol. The summed E-state index contributed by atoms with van der Waals surface area (Å²) in [5.74, 6) is -2.55. The van der Waals surface area contributed by atoms with Crippen LogP contribution in [0.3, 0.4) is 0 Å². The molecular formula is C33H44F2N4O6S. The molecule has 4 N–H and O–H groups in total. The van der Waals surface area contributed by atoms with Gasteiger partial charge in [-0.1, -0.05) is 18.2 Å². The minimum Gasteiger partial charge on any atom is -0.465 e. The number of anilines is 1. The zero-order valence-corrected chi connectivity index (χ0v) is 27.2. The first-order chi connectivity index (χ1) is 21.8. The summed E-state index contributed by atoms with van der Waals surface area (Å²) in [6.45, 7) is 6.37. The van der Waals surface area contributed by atoms with E-state index in [-0.39, 0.29) is 47.9 Å². The summed E-state index contributed by atoms with van der Waals surface area (Å²) in [7, 11) is -3.51. The van der Waals surface area contributed by atoms with E-state index >= 15 is 4.39 Å². The molecule has 3 fully saturated rings. The number of carbonyl (C=O) groups excluding carboxylic acids is 1. The number of hydrogen-bond donors (Lipinski definition) is 4. The van der Waals surface area contributed by atoms with Gasteiger partial charge >= 0.3 is 6.09 Å². The van der Waals surface area contributed by atoms with E-state index in [0.717, 1.165) is 6.42 Å². The van der Waals surface area contributed by atoms with E-state index in [1.165, 1.54) is 24.3 Å². The third kappa shape index (κ3) is 7.70. The van der Waals surface area contributed by atoms with Crippen LogP contribution in [0.2, 0.25) is 0 Å². The van der Waals surface area contributed by atoms with Crippen molar-refractivity contribution in [2.75, 3.05) is 18.4 Å². The van der Waals surface area contributed by atoms with Gasteiger partial charge in [-0.3, -0.25) is 4.79 Å². The van der Waals surface area contributed by atoms with Gasteiger partial charge in [-0.25, -0.2) is 22.0 Å². The van der Waals surface area contributed by atoms with Crippen molar-refractivity contribution in [2.45, 2.75) is 101 Å². The van der Waals surface area contributed by atoms with Gasteiger partial charge < -0.3 is 25.8 Å². The zero-order valence-electron chi connectivity index (χ0n) is 26.4. The lowest BCUT2D eigenvalue weighted by atomic mass is 9.74. The molecule has 0 spiro atoms. The normalized spacial score (nSPS) is 30.4. The van der Waals surface area contributed by atoms with E-state index < -0.39 is 50.9 Å². The van der Waals surface area contributed by atoms with E-state index in [2.05, 4.69) is 16.0 Å². The Balaban J connectivity index is 1.41. The fourth-order valence-electron chi connectivity index (χ4n) is 7.48. The molecule has 5 unspecified atom stereocenters. The van der Waals surface area contributed by atoms with Crippen LogP contribution in [0.1, 0.15) is 69.9 Å². The third-order valence-corrected chi connectivity index (χ3v) is 12.1. The number of piperazine rings is 1.